The molecule has 2 rings (SSSR count). The van der Waals surface area contributed by atoms with Gasteiger partial charge in [-0.15, -0.1) is 10.2 Å². The second-order valence-electron chi connectivity index (χ2n) is 4.86. The summed E-state index contributed by atoms with van der Waals surface area (Å²) in [7, 11) is 1.72. The number of H-pyrrole nitrogens is 1. The Labute approximate surface area is 133 Å². The third kappa shape index (κ3) is 3.92. The molecule has 0 saturated heterocycles. The number of carbonyl (C=O) groups excluding carboxylic acids is 1. The molecule has 0 spiro atoms. The number of halogens is 1. The molecule has 1 N–H and O–H groups in total. The van der Waals surface area contributed by atoms with E-state index >= 15 is 0 Å². The summed E-state index contributed by atoms with van der Waals surface area (Å²) in [5.41, 5.74) is 0.657. The quantitative estimate of drug-likeness (QED) is 0.912. The Kier molecular flexibility index (Phi) is 5.27. The molecule has 1 aromatic carbocycles. The average molecular weight is 321 g/mol. The highest BCUT2D eigenvalue weighted by Crippen LogP contribution is 2.16. The van der Waals surface area contributed by atoms with Crippen LogP contribution in [0.4, 0.5) is 0 Å². The number of aryl methyl sites for hydroxylation is 1. The molecule has 0 aliphatic carbocycles. The number of aromatic nitrogens is 3. The number of amides is 1. The number of hydrogen-bond acceptors (Lipinski definition) is 4. The molecule has 0 aliphatic rings. The monoisotopic (exact) mass is 320 g/mol. The van der Waals surface area contributed by atoms with Crippen molar-refractivity contribution in [1.29, 1.82) is 0 Å². The number of hydrogen-bond donors (Lipinski definition) is 1. The van der Waals surface area contributed by atoms with Crippen LogP contribution in [0.1, 0.15) is 19.0 Å². The van der Waals surface area contributed by atoms with Crippen molar-refractivity contribution in [2.24, 2.45) is 0 Å². The number of rotatable bonds is 5. The van der Waals surface area contributed by atoms with Crippen LogP contribution in [0.5, 0.6) is 0 Å². The normalized spacial score (nSPS) is 10.5. The fourth-order valence-electron chi connectivity index (χ4n) is 1.85. The van der Waals surface area contributed by atoms with Crippen molar-refractivity contribution in [1.82, 2.24) is 20.1 Å². The van der Waals surface area contributed by atoms with Crippen LogP contribution < -0.4 is 5.56 Å². The van der Waals surface area contributed by atoms with Crippen molar-refractivity contribution in [2.75, 3.05) is 13.6 Å². The Morgan fingerprint density at radius 2 is 1.95 bits per heavy atom. The first-order chi connectivity index (χ1) is 10.5. The van der Waals surface area contributed by atoms with Crippen LogP contribution in [0, 0.1) is 0 Å². The van der Waals surface area contributed by atoms with Crippen LogP contribution in [0.25, 0.3) is 11.4 Å². The third-order valence-electron chi connectivity index (χ3n) is 3.36. The van der Waals surface area contributed by atoms with Crippen molar-refractivity contribution in [3.8, 4) is 11.4 Å². The molecule has 1 amide bonds. The smallest absolute Gasteiger partial charge is 0.273 e. The van der Waals surface area contributed by atoms with Crippen LogP contribution in [-0.4, -0.2) is 39.6 Å². The molecule has 116 valence electrons. The van der Waals surface area contributed by atoms with E-state index in [4.69, 9.17) is 11.6 Å². The van der Waals surface area contributed by atoms with Gasteiger partial charge in [0, 0.05) is 37.0 Å². The number of benzene rings is 1. The lowest BCUT2D eigenvalue weighted by Crippen LogP contribution is -2.27. The molecule has 22 heavy (non-hydrogen) atoms. The Morgan fingerprint density at radius 1 is 1.27 bits per heavy atom. The van der Waals surface area contributed by atoms with Crippen LogP contribution in [0.15, 0.2) is 29.1 Å². The first kappa shape index (κ1) is 16.2. The van der Waals surface area contributed by atoms with E-state index in [1.807, 2.05) is 6.92 Å². The van der Waals surface area contributed by atoms with Gasteiger partial charge in [0.25, 0.3) is 5.56 Å². The maximum atomic E-state index is 12.0. The lowest BCUT2D eigenvalue weighted by atomic mass is 10.2. The number of nitrogens with one attached hydrogen (secondary N) is 1. The zero-order chi connectivity index (χ0) is 16.1. The van der Waals surface area contributed by atoms with Gasteiger partial charge in [-0.2, -0.15) is 0 Å². The minimum atomic E-state index is -0.327. The largest absolute Gasteiger partial charge is 0.346 e. The third-order valence-corrected chi connectivity index (χ3v) is 3.61. The van der Waals surface area contributed by atoms with E-state index in [1.165, 1.54) is 0 Å². The zero-order valence-electron chi connectivity index (χ0n) is 12.5. The van der Waals surface area contributed by atoms with E-state index in [1.54, 1.807) is 36.2 Å². The molecular weight excluding hydrogens is 304 g/mol. The van der Waals surface area contributed by atoms with E-state index < -0.39 is 0 Å². The second-order valence-corrected chi connectivity index (χ2v) is 5.30. The standard InChI is InChI=1S/C15H17ClN4O2/c1-3-20(2)13(21)9-8-12-15(22)17-14(19-18-12)10-4-6-11(16)7-5-10/h4-7H,3,8-9H2,1-2H3,(H,17,19,22). The molecule has 6 nitrogen and oxygen atoms in total. The minimum absolute atomic E-state index is 0.0227. The molecule has 0 saturated carbocycles. The molecule has 2 aromatic rings. The van der Waals surface area contributed by atoms with Gasteiger partial charge in [-0.1, -0.05) is 11.6 Å². The number of carbonyl (C=O) groups is 1. The van der Waals surface area contributed by atoms with E-state index in [9.17, 15) is 9.59 Å². The highest BCUT2D eigenvalue weighted by Gasteiger charge is 2.11. The fraction of sp³-hybridized carbons (Fsp3) is 0.333. The summed E-state index contributed by atoms with van der Waals surface area (Å²) in [6.45, 7) is 2.53. The van der Waals surface area contributed by atoms with Crippen molar-refractivity contribution in [3.05, 3.63) is 45.3 Å². The van der Waals surface area contributed by atoms with Crippen LogP contribution in [0.3, 0.4) is 0 Å². The van der Waals surface area contributed by atoms with Crippen LogP contribution in [0.2, 0.25) is 5.02 Å². The number of aromatic amines is 1. The summed E-state index contributed by atoms with van der Waals surface area (Å²) in [6, 6.07) is 6.93. The maximum Gasteiger partial charge on any atom is 0.273 e. The lowest BCUT2D eigenvalue weighted by molar-refractivity contribution is -0.129. The molecule has 0 fully saturated rings. The first-order valence-corrected chi connectivity index (χ1v) is 7.35. The highest BCUT2D eigenvalue weighted by molar-refractivity contribution is 6.30. The highest BCUT2D eigenvalue weighted by atomic mass is 35.5. The van der Waals surface area contributed by atoms with Gasteiger partial charge in [-0.3, -0.25) is 9.59 Å². The molecule has 0 aliphatic heterocycles. The van der Waals surface area contributed by atoms with Crippen LogP contribution >= 0.6 is 11.6 Å². The first-order valence-electron chi connectivity index (χ1n) is 6.97. The van der Waals surface area contributed by atoms with Gasteiger partial charge in [-0.25, -0.2) is 0 Å². The average Bonchev–Trinajstić information content (AvgIpc) is 2.53. The van der Waals surface area contributed by atoms with Crippen molar-refractivity contribution >= 4 is 17.5 Å². The zero-order valence-corrected chi connectivity index (χ0v) is 13.2. The topological polar surface area (TPSA) is 79.0 Å². The van der Waals surface area contributed by atoms with Gasteiger partial charge >= 0.3 is 0 Å². The Morgan fingerprint density at radius 3 is 2.55 bits per heavy atom. The summed E-state index contributed by atoms with van der Waals surface area (Å²) >= 11 is 5.82. The molecular formula is C15H17ClN4O2. The fourth-order valence-corrected chi connectivity index (χ4v) is 1.98. The predicted molar refractivity (Wildman–Crippen MR) is 84.7 cm³/mol. The van der Waals surface area contributed by atoms with E-state index in [0.29, 0.717) is 17.4 Å². The maximum absolute atomic E-state index is 12.0. The SMILES string of the molecule is CCN(C)C(=O)CCc1nnc(-c2ccc(Cl)cc2)[nH]c1=O. The number of nitrogens with zero attached hydrogens (tertiary/aromatic N) is 3. The summed E-state index contributed by atoms with van der Waals surface area (Å²) in [5.74, 6) is 0.355. The van der Waals surface area contributed by atoms with Gasteiger partial charge in [-0.05, 0) is 31.2 Å². The lowest BCUT2D eigenvalue weighted by Gasteiger charge is -2.13. The molecule has 1 heterocycles. The van der Waals surface area contributed by atoms with Gasteiger partial charge < -0.3 is 9.88 Å². The second kappa shape index (κ2) is 7.17. The summed E-state index contributed by atoms with van der Waals surface area (Å²) < 4.78 is 0. The minimum Gasteiger partial charge on any atom is -0.346 e. The Balaban J connectivity index is 2.11. The predicted octanol–water partition coefficient (Wildman–Crippen LogP) is 1.90. The van der Waals surface area contributed by atoms with Crippen molar-refractivity contribution in [3.63, 3.8) is 0 Å². The van der Waals surface area contributed by atoms with E-state index in [2.05, 4.69) is 15.2 Å². The molecule has 0 atom stereocenters. The molecule has 0 bridgehead atoms. The van der Waals surface area contributed by atoms with Crippen molar-refractivity contribution < 1.29 is 4.79 Å². The molecule has 0 radical (unpaired) electrons. The molecule has 1 aromatic heterocycles. The van der Waals surface area contributed by atoms with E-state index in [0.717, 1.165) is 5.56 Å². The van der Waals surface area contributed by atoms with Gasteiger partial charge in [0.1, 0.15) is 5.69 Å². The Hall–Kier alpha value is -2.21. The molecule has 7 heteroatoms. The van der Waals surface area contributed by atoms with E-state index in [-0.39, 0.29) is 30.0 Å². The van der Waals surface area contributed by atoms with Crippen molar-refractivity contribution in [2.45, 2.75) is 19.8 Å². The van der Waals surface area contributed by atoms with Gasteiger partial charge in [0.15, 0.2) is 5.82 Å². The van der Waals surface area contributed by atoms with Gasteiger partial charge in [0.2, 0.25) is 5.91 Å². The molecule has 0 unspecified atom stereocenters. The summed E-state index contributed by atoms with van der Waals surface area (Å²) in [4.78, 5) is 28.0. The van der Waals surface area contributed by atoms with Crippen LogP contribution in [-0.2, 0) is 11.2 Å². The summed E-state index contributed by atoms with van der Waals surface area (Å²) in [6.07, 6.45) is 0.509. The van der Waals surface area contributed by atoms with Gasteiger partial charge in [0.05, 0.1) is 0 Å². The Bertz CT molecular complexity index is 712. The summed E-state index contributed by atoms with van der Waals surface area (Å²) in [5, 5.41) is 8.55.